The molecule has 1 N–H and O–H groups in total. The number of fused-ring (bicyclic) bond motifs is 1. The molecule has 2 rings (SSSR count). The molecule has 60 valence electrons. The average Bonchev–Trinajstić information content (AvgIpc) is 2.07. The Hall–Kier alpha value is -0.980. The predicted molar refractivity (Wildman–Crippen MR) is 52.9 cm³/mol. The van der Waals surface area contributed by atoms with Crippen LogP contribution in [0, 0.1) is 3.57 Å². The highest BCUT2D eigenvalue weighted by Crippen LogP contribution is 2.11. The summed E-state index contributed by atoms with van der Waals surface area (Å²) < 4.78 is 0.885. The highest BCUT2D eigenvalue weighted by molar-refractivity contribution is 14.1. The van der Waals surface area contributed by atoms with Crippen molar-refractivity contribution >= 4 is 33.5 Å². The quantitative estimate of drug-likeness (QED) is 0.726. The fraction of sp³-hybridized carbons (Fsp3) is 0. The van der Waals surface area contributed by atoms with Crippen molar-refractivity contribution in [1.29, 1.82) is 0 Å². The predicted octanol–water partition coefficient (Wildman–Crippen LogP) is 0.923. The summed E-state index contributed by atoms with van der Waals surface area (Å²) in [5, 5.41) is 0.532. The number of aromatic amines is 1. The number of aromatic nitrogens is 3. The zero-order chi connectivity index (χ0) is 8.55. The van der Waals surface area contributed by atoms with Gasteiger partial charge in [-0.25, -0.2) is 4.98 Å². The maximum absolute atomic E-state index is 11.2. The van der Waals surface area contributed by atoms with E-state index >= 15 is 0 Å². The van der Waals surface area contributed by atoms with Crippen LogP contribution in [0.4, 0.5) is 0 Å². The number of rotatable bonds is 0. The van der Waals surface area contributed by atoms with Crippen molar-refractivity contribution in [3.8, 4) is 0 Å². The van der Waals surface area contributed by atoms with E-state index in [2.05, 4.69) is 37.5 Å². The molecule has 0 aliphatic carbocycles. The first-order chi connectivity index (χ1) is 5.79. The summed E-state index contributed by atoms with van der Waals surface area (Å²) in [5.41, 5.74) is 0.556. The molecule has 0 saturated heterocycles. The van der Waals surface area contributed by atoms with Crippen molar-refractivity contribution in [2.45, 2.75) is 0 Å². The topological polar surface area (TPSA) is 58.6 Å². The van der Waals surface area contributed by atoms with E-state index in [1.54, 1.807) is 6.20 Å². The molecule has 12 heavy (non-hydrogen) atoms. The minimum atomic E-state index is -0.147. The molecule has 0 amide bonds. The normalized spacial score (nSPS) is 10.4. The fourth-order valence-corrected chi connectivity index (χ4v) is 1.55. The van der Waals surface area contributed by atoms with E-state index in [0.717, 1.165) is 3.57 Å². The fourth-order valence-electron chi connectivity index (χ4n) is 0.959. The Bertz CT molecular complexity index is 479. The molecule has 0 radical (unpaired) electrons. The van der Waals surface area contributed by atoms with Crippen LogP contribution in [0.2, 0.25) is 0 Å². The lowest BCUT2D eigenvalue weighted by Gasteiger charge is -1.95. The molecule has 0 aliphatic rings. The molecule has 0 aliphatic heterocycles. The Morgan fingerprint density at radius 3 is 3.00 bits per heavy atom. The molecule has 2 aromatic rings. The minimum absolute atomic E-state index is 0.147. The second kappa shape index (κ2) is 2.81. The molecule has 0 unspecified atom stereocenters. The Kier molecular flexibility index (Phi) is 1.80. The summed E-state index contributed by atoms with van der Waals surface area (Å²) >= 11 is 2.10. The Balaban J connectivity index is 3.05. The van der Waals surface area contributed by atoms with Crippen molar-refractivity contribution in [3.63, 3.8) is 0 Å². The first-order valence-electron chi connectivity index (χ1n) is 3.26. The van der Waals surface area contributed by atoms with E-state index in [-0.39, 0.29) is 5.56 Å². The molecule has 0 saturated carbocycles. The van der Waals surface area contributed by atoms with Crippen molar-refractivity contribution in [2.75, 3.05) is 0 Å². The minimum Gasteiger partial charge on any atom is -0.313 e. The first-order valence-corrected chi connectivity index (χ1v) is 4.34. The Morgan fingerprint density at radius 1 is 1.42 bits per heavy atom. The van der Waals surface area contributed by atoms with Crippen LogP contribution in [0.3, 0.4) is 0 Å². The van der Waals surface area contributed by atoms with Crippen molar-refractivity contribution in [3.05, 3.63) is 32.6 Å². The number of hydrogen-bond acceptors (Lipinski definition) is 3. The largest absolute Gasteiger partial charge is 0.313 e. The van der Waals surface area contributed by atoms with Gasteiger partial charge in [0, 0.05) is 12.4 Å². The molecular formula is C7H4IN3O. The van der Waals surface area contributed by atoms with Gasteiger partial charge in [-0.3, -0.25) is 9.78 Å². The van der Waals surface area contributed by atoms with Crippen molar-refractivity contribution in [2.24, 2.45) is 0 Å². The van der Waals surface area contributed by atoms with Crippen LogP contribution in [-0.4, -0.2) is 15.0 Å². The lowest BCUT2D eigenvalue weighted by Crippen LogP contribution is -2.07. The smallest absolute Gasteiger partial charge is 0.260 e. The van der Waals surface area contributed by atoms with E-state index in [4.69, 9.17) is 0 Å². The third-order valence-electron chi connectivity index (χ3n) is 1.51. The summed E-state index contributed by atoms with van der Waals surface area (Å²) in [6.45, 7) is 0. The molecule has 0 spiro atoms. The van der Waals surface area contributed by atoms with Gasteiger partial charge in [-0.2, -0.15) is 0 Å². The number of hydrogen-bond donors (Lipinski definition) is 1. The molecular weight excluding hydrogens is 269 g/mol. The molecule has 0 aromatic carbocycles. The van der Waals surface area contributed by atoms with Gasteiger partial charge in [0.1, 0.15) is 0 Å². The van der Waals surface area contributed by atoms with Gasteiger partial charge in [0.2, 0.25) is 0 Å². The van der Waals surface area contributed by atoms with E-state index in [1.165, 1.54) is 12.5 Å². The molecule has 2 aromatic heterocycles. The lowest BCUT2D eigenvalue weighted by atomic mass is 10.3. The number of nitrogens with zero attached hydrogens (tertiary/aromatic N) is 2. The molecule has 2 heterocycles. The van der Waals surface area contributed by atoms with Crippen LogP contribution in [-0.2, 0) is 0 Å². The van der Waals surface area contributed by atoms with Crippen LogP contribution in [0.5, 0.6) is 0 Å². The summed E-state index contributed by atoms with van der Waals surface area (Å²) in [4.78, 5) is 21.6. The number of H-pyrrole nitrogens is 1. The molecule has 0 bridgehead atoms. The van der Waals surface area contributed by atoms with Gasteiger partial charge < -0.3 is 4.98 Å². The van der Waals surface area contributed by atoms with Crippen molar-refractivity contribution in [1.82, 2.24) is 15.0 Å². The SMILES string of the molecule is O=c1[nH]cnc2c(I)cncc12. The van der Waals surface area contributed by atoms with Gasteiger partial charge in [0.05, 0.1) is 20.8 Å². The van der Waals surface area contributed by atoms with Gasteiger partial charge in [-0.1, -0.05) is 0 Å². The van der Waals surface area contributed by atoms with E-state index in [9.17, 15) is 4.79 Å². The van der Waals surface area contributed by atoms with Crippen LogP contribution in [0.1, 0.15) is 0 Å². The summed E-state index contributed by atoms with van der Waals surface area (Å²) in [6, 6.07) is 0. The molecule has 0 atom stereocenters. The zero-order valence-electron chi connectivity index (χ0n) is 5.91. The van der Waals surface area contributed by atoms with Crippen LogP contribution in [0.15, 0.2) is 23.5 Å². The van der Waals surface area contributed by atoms with Crippen LogP contribution < -0.4 is 5.56 Å². The van der Waals surface area contributed by atoms with E-state index < -0.39 is 0 Å². The number of pyridine rings is 1. The average molecular weight is 273 g/mol. The van der Waals surface area contributed by atoms with Gasteiger partial charge in [-0.15, -0.1) is 0 Å². The maximum atomic E-state index is 11.2. The molecule has 4 nitrogen and oxygen atoms in total. The van der Waals surface area contributed by atoms with Gasteiger partial charge >= 0.3 is 0 Å². The van der Waals surface area contributed by atoms with Crippen LogP contribution >= 0.6 is 22.6 Å². The van der Waals surface area contributed by atoms with E-state index in [1.807, 2.05) is 0 Å². The van der Waals surface area contributed by atoms with Gasteiger partial charge in [-0.05, 0) is 22.6 Å². The third kappa shape index (κ3) is 1.09. The molecule has 5 heteroatoms. The van der Waals surface area contributed by atoms with Gasteiger partial charge in [0.15, 0.2) is 0 Å². The van der Waals surface area contributed by atoms with Crippen LogP contribution in [0.25, 0.3) is 10.9 Å². The number of nitrogens with one attached hydrogen (secondary N) is 1. The monoisotopic (exact) mass is 273 g/mol. The third-order valence-corrected chi connectivity index (χ3v) is 2.30. The lowest BCUT2D eigenvalue weighted by molar-refractivity contribution is 1.15. The standard InChI is InChI=1S/C7H4IN3O/c8-5-2-9-1-4-6(5)10-3-11-7(4)12/h1-3H,(H,10,11,12). The summed E-state index contributed by atoms with van der Waals surface area (Å²) in [5.74, 6) is 0. The second-order valence-electron chi connectivity index (χ2n) is 2.25. The summed E-state index contributed by atoms with van der Waals surface area (Å²) in [6.07, 6.45) is 4.59. The second-order valence-corrected chi connectivity index (χ2v) is 3.41. The highest BCUT2D eigenvalue weighted by atomic mass is 127. The first kappa shape index (κ1) is 7.66. The van der Waals surface area contributed by atoms with E-state index in [0.29, 0.717) is 10.9 Å². The Labute approximate surface area is 81.2 Å². The maximum Gasteiger partial charge on any atom is 0.260 e. The Morgan fingerprint density at radius 2 is 2.25 bits per heavy atom. The zero-order valence-corrected chi connectivity index (χ0v) is 8.07. The molecule has 0 fully saturated rings. The van der Waals surface area contributed by atoms with Gasteiger partial charge in [0.25, 0.3) is 5.56 Å². The highest BCUT2D eigenvalue weighted by Gasteiger charge is 2.01. The van der Waals surface area contributed by atoms with Crippen molar-refractivity contribution < 1.29 is 0 Å². The number of halogens is 1. The summed E-state index contributed by atoms with van der Waals surface area (Å²) in [7, 11) is 0.